The van der Waals surface area contributed by atoms with E-state index in [0.717, 1.165) is 18.4 Å². The van der Waals surface area contributed by atoms with Gasteiger partial charge in [0.25, 0.3) is 0 Å². The topological polar surface area (TPSA) is 51.2 Å². The second kappa shape index (κ2) is 6.19. The Morgan fingerprint density at radius 1 is 1.61 bits per heavy atom. The highest BCUT2D eigenvalue weighted by Gasteiger charge is 2.14. The Morgan fingerprint density at radius 3 is 3.22 bits per heavy atom. The molecular weight excluding hydrogens is 228 g/mol. The lowest BCUT2D eigenvalue weighted by molar-refractivity contribution is -0.121. The first-order valence-electron chi connectivity index (χ1n) is 6.21. The Hall–Kier alpha value is -1.84. The molecule has 0 saturated carbocycles. The van der Waals surface area contributed by atoms with Crippen molar-refractivity contribution in [2.45, 2.75) is 25.8 Å². The molecule has 0 bridgehead atoms. The number of nitrogens with zero attached hydrogens (tertiary/aromatic N) is 1. The summed E-state index contributed by atoms with van der Waals surface area (Å²) in [6.45, 7) is 0.465. The molecule has 1 N–H and O–H groups in total. The molecule has 1 aromatic heterocycles. The minimum Gasteiger partial charge on any atom is -0.481 e. The van der Waals surface area contributed by atoms with Crippen molar-refractivity contribution in [3.8, 4) is 5.88 Å². The summed E-state index contributed by atoms with van der Waals surface area (Å²) in [5, 5.41) is 2.91. The summed E-state index contributed by atoms with van der Waals surface area (Å²) in [7, 11) is 1.58. The highest BCUT2D eigenvalue weighted by atomic mass is 16.5. The van der Waals surface area contributed by atoms with Crippen LogP contribution in [0.4, 0.5) is 0 Å². The highest BCUT2D eigenvalue weighted by molar-refractivity contribution is 5.76. The van der Waals surface area contributed by atoms with Crippen molar-refractivity contribution in [3.63, 3.8) is 0 Å². The molecule has 0 unspecified atom stereocenters. The minimum atomic E-state index is 0.0810. The Labute approximate surface area is 107 Å². The molecule has 0 radical (unpaired) electrons. The van der Waals surface area contributed by atoms with Crippen molar-refractivity contribution >= 4 is 5.91 Å². The van der Waals surface area contributed by atoms with Crippen molar-refractivity contribution in [1.82, 2.24) is 10.3 Å². The van der Waals surface area contributed by atoms with Crippen LogP contribution in [0.3, 0.4) is 0 Å². The van der Waals surface area contributed by atoms with E-state index in [-0.39, 0.29) is 5.91 Å². The highest BCUT2D eigenvalue weighted by Crippen LogP contribution is 2.20. The van der Waals surface area contributed by atoms with Crippen LogP contribution in [0.25, 0.3) is 0 Å². The lowest BCUT2D eigenvalue weighted by Crippen LogP contribution is -2.24. The summed E-state index contributed by atoms with van der Waals surface area (Å²) in [5.74, 6) is 1.05. The van der Waals surface area contributed by atoms with Crippen LogP contribution >= 0.6 is 0 Å². The third-order valence-corrected chi connectivity index (χ3v) is 3.08. The van der Waals surface area contributed by atoms with Gasteiger partial charge < -0.3 is 10.1 Å². The molecule has 1 heterocycles. The van der Waals surface area contributed by atoms with Crippen molar-refractivity contribution in [3.05, 3.63) is 36.0 Å². The summed E-state index contributed by atoms with van der Waals surface area (Å²) in [6.07, 6.45) is 8.69. The van der Waals surface area contributed by atoms with Crippen LogP contribution in [-0.4, -0.2) is 18.0 Å². The van der Waals surface area contributed by atoms with E-state index in [1.807, 2.05) is 12.1 Å². The quantitative estimate of drug-likeness (QED) is 0.809. The Kier molecular flexibility index (Phi) is 4.34. The number of methoxy groups -OCH3 is 1. The molecular formula is C14H18N2O2. The van der Waals surface area contributed by atoms with Gasteiger partial charge in [0.1, 0.15) is 0 Å². The van der Waals surface area contributed by atoms with Crippen LogP contribution in [-0.2, 0) is 11.3 Å². The molecule has 0 saturated heterocycles. The van der Waals surface area contributed by atoms with Crippen LogP contribution in [0.1, 0.15) is 24.8 Å². The summed E-state index contributed by atoms with van der Waals surface area (Å²) in [6, 6.07) is 3.74. The lowest BCUT2D eigenvalue weighted by atomic mass is 10.1. The number of aromatic nitrogens is 1. The van der Waals surface area contributed by atoms with Crippen molar-refractivity contribution < 1.29 is 9.53 Å². The van der Waals surface area contributed by atoms with Crippen molar-refractivity contribution in [2.24, 2.45) is 5.92 Å². The van der Waals surface area contributed by atoms with Gasteiger partial charge in [0, 0.05) is 24.7 Å². The van der Waals surface area contributed by atoms with E-state index in [9.17, 15) is 4.79 Å². The summed E-state index contributed by atoms with van der Waals surface area (Å²) < 4.78 is 5.14. The maximum absolute atomic E-state index is 11.8. The number of amides is 1. The zero-order valence-electron chi connectivity index (χ0n) is 10.6. The van der Waals surface area contributed by atoms with E-state index in [0.29, 0.717) is 24.8 Å². The molecule has 0 aromatic carbocycles. The standard InChI is InChI=1S/C14H18N2O2/c1-18-14-12(7-4-8-15-14)10-16-13(17)9-11-5-2-3-6-11/h2,4-5,7-8,11H,3,6,9-10H2,1H3,(H,16,17)/t11-/m0/s1. The number of pyridine rings is 1. The summed E-state index contributed by atoms with van der Waals surface area (Å²) in [5.41, 5.74) is 0.898. The fraction of sp³-hybridized carbons (Fsp3) is 0.429. The Balaban J connectivity index is 1.83. The van der Waals surface area contributed by atoms with Crippen LogP contribution in [0, 0.1) is 5.92 Å². The molecule has 1 atom stereocenters. The van der Waals surface area contributed by atoms with Gasteiger partial charge in [0.15, 0.2) is 0 Å². The molecule has 1 aliphatic carbocycles. The third kappa shape index (κ3) is 3.32. The van der Waals surface area contributed by atoms with Gasteiger partial charge >= 0.3 is 0 Å². The van der Waals surface area contributed by atoms with E-state index in [4.69, 9.17) is 4.74 Å². The number of ether oxygens (including phenoxy) is 1. The molecule has 2 rings (SSSR count). The molecule has 0 aliphatic heterocycles. The second-order valence-corrected chi connectivity index (χ2v) is 4.42. The van der Waals surface area contributed by atoms with E-state index in [1.165, 1.54) is 0 Å². The number of carbonyl (C=O) groups is 1. The van der Waals surface area contributed by atoms with Gasteiger partial charge in [0.05, 0.1) is 7.11 Å². The summed E-state index contributed by atoms with van der Waals surface area (Å²) >= 11 is 0. The first kappa shape index (κ1) is 12.6. The van der Waals surface area contributed by atoms with Crippen LogP contribution in [0.2, 0.25) is 0 Å². The summed E-state index contributed by atoms with van der Waals surface area (Å²) in [4.78, 5) is 15.9. The number of carbonyl (C=O) groups excluding carboxylic acids is 1. The predicted octanol–water partition coefficient (Wildman–Crippen LogP) is 2.06. The number of hydrogen-bond donors (Lipinski definition) is 1. The maximum atomic E-state index is 11.8. The van der Waals surface area contributed by atoms with Gasteiger partial charge in [0.2, 0.25) is 11.8 Å². The number of rotatable bonds is 5. The average Bonchev–Trinajstić information content (AvgIpc) is 2.89. The molecule has 4 nitrogen and oxygen atoms in total. The Bertz CT molecular complexity index is 443. The van der Waals surface area contributed by atoms with E-state index >= 15 is 0 Å². The Morgan fingerprint density at radius 2 is 2.50 bits per heavy atom. The second-order valence-electron chi connectivity index (χ2n) is 4.42. The molecule has 1 aliphatic rings. The minimum absolute atomic E-state index is 0.0810. The van der Waals surface area contributed by atoms with E-state index in [1.54, 1.807) is 13.3 Å². The monoisotopic (exact) mass is 246 g/mol. The van der Waals surface area contributed by atoms with Gasteiger partial charge in [-0.3, -0.25) is 4.79 Å². The van der Waals surface area contributed by atoms with Crippen molar-refractivity contribution in [2.75, 3.05) is 7.11 Å². The molecule has 96 valence electrons. The lowest BCUT2D eigenvalue weighted by Gasteiger charge is -2.10. The SMILES string of the molecule is COc1ncccc1CNC(=O)C[C@H]1C=CCC1. The number of nitrogens with one attached hydrogen (secondary N) is 1. The van der Waals surface area contributed by atoms with Gasteiger partial charge in [-0.15, -0.1) is 0 Å². The van der Waals surface area contributed by atoms with Gasteiger partial charge in [-0.25, -0.2) is 4.98 Å². The molecule has 1 amide bonds. The predicted molar refractivity (Wildman–Crippen MR) is 69.1 cm³/mol. The molecule has 4 heteroatoms. The van der Waals surface area contributed by atoms with Crippen LogP contribution in [0.5, 0.6) is 5.88 Å². The van der Waals surface area contributed by atoms with Gasteiger partial charge in [-0.05, 0) is 24.8 Å². The zero-order valence-corrected chi connectivity index (χ0v) is 10.6. The average molecular weight is 246 g/mol. The van der Waals surface area contributed by atoms with Gasteiger partial charge in [-0.2, -0.15) is 0 Å². The fourth-order valence-electron chi connectivity index (χ4n) is 2.11. The molecule has 18 heavy (non-hydrogen) atoms. The molecule has 1 aromatic rings. The molecule has 0 fully saturated rings. The smallest absolute Gasteiger partial charge is 0.220 e. The van der Waals surface area contributed by atoms with Crippen molar-refractivity contribution in [1.29, 1.82) is 0 Å². The zero-order chi connectivity index (χ0) is 12.8. The largest absolute Gasteiger partial charge is 0.481 e. The first-order chi connectivity index (χ1) is 8.79. The number of hydrogen-bond acceptors (Lipinski definition) is 3. The van der Waals surface area contributed by atoms with Gasteiger partial charge in [-0.1, -0.05) is 18.2 Å². The third-order valence-electron chi connectivity index (χ3n) is 3.08. The van der Waals surface area contributed by atoms with Crippen LogP contribution < -0.4 is 10.1 Å². The fourth-order valence-corrected chi connectivity index (χ4v) is 2.11. The maximum Gasteiger partial charge on any atom is 0.220 e. The van der Waals surface area contributed by atoms with E-state index in [2.05, 4.69) is 22.5 Å². The normalized spacial score (nSPS) is 17.7. The first-order valence-corrected chi connectivity index (χ1v) is 6.21. The van der Waals surface area contributed by atoms with E-state index < -0.39 is 0 Å². The number of allylic oxidation sites excluding steroid dienone is 2. The van der Waals surface area contributed by atoms with Crippen LogP contribution in [0.15, 0.2) is 30.5 Å². The molecule has 0 spiro atoms.